The summed E-state index contributed by atoms with van der Waals surface area (Å²) < 4.78 is 5.29. The number of Topliss-reactive ketones (excluding diaryl/α,β-unsaturated/α-hetero) is 1. The van der Waals surface area contributed by atoms with Crippen LogP contribution in [0.1, 0.15) is 46.8 Å². The molecule has 0 spiro atoms. The van der Waals surface area contributed by atoms with Gasteiger partial charge >= 0.3 is 5.97 Å². The maximum absolute atomic E-state index is 12.5. The van der Waals surface area contributed by atoms with Crippen LogP contribution in [-0.4, -0.2) is 45.8 Å². The van der Waals surface area contributed by atoms with Gasteiger partial charge in [0, 0.05) is 17.7 Å². The number of hydrogen-bond donors (Lipinski definition) is 0. The number of nitrogens with zero attached hydrogens (tertiary/aromatic N) is 1. The number of hydrogen-bond acceptors (Lipinski definition) is 5. The number of esters is 1. The van der Waals surface area contributed by atoms with Gasteiger partial charge in [-0.25, -0.2) is 4.79 Å². The summed E-state index contributed by atoms with van der Waals surface area (Å²) in [6, 6.07) is 3.31. The van der Waals surface area contributed by atoms with Crippen molar-refractivity contribution in [3.05, 3.63) is 34.4 Å². The molecule has 0 radical (unpaired) electrons. The molecule has 1 amide bonds. The molecule has 3 rings (SSSR count). The molecular formula is C19H23NO4S. The minimum atomic E-state index is -0.585. The average molecular weight is 361 g/mol. The van der Waals surface area contributed by atoms with Gasteiger partial charge < -0.3 is 9.64 Å². The summed E-state index contributed by atoms with van der Waals surface area (Å²) in [6.45, 7) is 7.45. The molecule has 0 N–H and O–H groups in total. The number of carbonyl (C=O) groups excluding carboxylic acids is 3. The number of ketones is 1. The number of aryl methyl sites for hydroxylation is 3. The Kier molecular flexibility index (Phi) is 4.66. The van der Waals surface area contributed by atoms with E-state index in [0.29, 0.717) is 17.7 Å². The Balaban J connectivity index is 1.67. The van der Waals surface area contributed by atoms with Crippen LogP contribution < -0.4 is 0 Å². The summed E-state index contributed by atoms with van der Waals surface area (Å²) in [7, 11) is 0. The maximum atomic E-state index is 12.5. The van der Waals surface area contributed by atoms with Gasteiger partial charge in [0.2, 0.25) is 11.7 Å². The quantitative estimate of drug-likeness (QED) is 0.609. The molecule has 2 aliphatic rings. The molecule has 5 nitrogen and oxygen atoms in total. The highest BCUT2D eigenvalue weighted by Crippen LogP contribution is 2.47. The fourth-order valence-electron chi connectivity index (χ4n) is 3.92. The summed E-state index contributed by atoms with van der Waals surface area (Å²) in [5.41, 5.74) is 3.48. The predicted molar refractivity (Wildman–Crippen MR) is 96.7 cm³/mol. The molecule has 0 saturated carbocycles. The van der Waals surface area contributed by atoms with E-state index in [1.54, 1.807) is 16.7 Å². The van der Waals surface area contributed by atoms with Gasteiger partial charge in [0.25, 0.3) is 0 Å². The smallest absolute Gasteiger partial charge is 0.330 e. The SMILES string of the molecule is Cc1cc(C)c(C(=O)COC(=O)[C@@H]2CS[C@@]3(C)CCC(=O)N23)c(C)c1. The maximum Gasteiger partial charge on any atom is 0.330 e. The number of benzene rings is 1. The van der Waals surface area contributed by atoms with Crippen LogP contribution >= 0.6 is 11.8 Å². The highest BCUT2D eigenvalue weighted by atomic mass is 32.2. The third kappa shape index (κ3) is 3.19. The Morgan fingerprint density at radius 3 is 2.56 bits per heavy atom. The standard InChI is InChI=1S/C19H23NO4S/c1-11-7-12(2)17(13(3)8-11)15(21)9-24-18(23)14-10-25-19(4)6-5-16(22)20(14)19/h7-8,14H,5-6,9-10H2,1-4H3/t14-,19-/m0/s1. The summed E-state index contributed by atoms with van der Waals surface area (Å²) in [4.78, 5) is 38.4. The molecule has 2 fully saturated rings. The van der Waals surface area contributed by atoms with E-state index in [1.807, 2.05) is 39.8 Å². The van der Waals surface area contributed by atoms with Crippen LogP contribution in [0.5, 0.6) is 0 Å². The van der Waals surface area contributed by atoms with Crippen LogP contribution in [0.3, 0.4) is 0 Å². The number of fused-ring (bicyclic) bond motifs is 1. The van der Waals surface area contributed by atoms with Crippen molar-refractivity contribution in [2.24, 2.45) is 0 Å². The van der Waals surface area contributed by atoms with Crippen LogP contribution in [0.2, 0.25) is 0 Å². The second kappa shape index (κ2) is 6.48. The zero-order valence-corrected chi connectivity index (χ0v) is 15.9. The Hall–Kier alpha value is -1.82. The van der Waals surface area contributed by atoms with E-state index in [1.165, 1.54) is 0 Å². The molecular weight excluding hydrogens is 338 g/mol. The van der Waals surface area contributed by atoms with E-state index >= 15 is 0 Å². The van der Waals surface area contributed by atoms with E-state index < -0.39 is 12.0 Å². The first-order valence-corrected chi connectivity index (χ1v) is 9.45. The van der Waals surface area contributed by atoms with Crippen LogP contribution in [0.15, 0.2) is 12.1 Å². The average Bonchev–Trinajstić information content (AvgIpc) is 3.00. The lowest BCUT2D eigenvalue weighted by Crippen LogP contribution is -2.46. The molecule has 2 atom stereocenters. The van der Waals surface area contributed by atoms with E-state index in [2.05, 4.69) is 0 Å². The van der Waals surface area contributed by atoms with Gasteiger partial charge in [-0.15, -0.1) is 11.8 Å². The van der Waals surface area contributed by atoms with Crippen molar-refractivity contribution in [3.63, 3.8) is 0 Å². The Bertz CT molecular complexity index is 737. The van der Waals surface area contributed by atoms with Crippen LogP contribution in [0.25, 0.3) is 0 Å². The summed E-state index contributed by atoms with van der Waals surface area (Å²) in [6.07, 6.45) is 1.22. The topological polar surface area (TPSA) is 63.7 Å². The lowest BCUT2D eigenvalue weighted by molar-refractivity contribution is -0.152. The van der Waals surface area contributed by atoms with E-state index in [9.17, 15) is 14.4 Å². The lowest BCUT2D eigenvalue weighted by atomic mass is 9.97. The minimum absolute atomic E-state index is 0.00833. The van der Waals surface area contributed by atoms with Crippen molar-refractivity contribution >= 4 is 29.4 Å². The van der Waals surface area contributed by atoms with Crippen molar-refractivity contribution in [1.29, 1.82) is 0 Å². The van der Waals surface area contributed by atoms with E-state index in [0.717, 1.165) is 23.1 Å². The fourth-order valence-corrected chi connectivity index (χ4v) is 5.34. The molecule has 2 saturated heterocycles. The Morgan fingerprint density at radius 1 is 1.28 bits per heavy atom. The second-order valence-corrected chi connectivity index (χ2v) is 8.57. The fraction of sp³-hybridized carbons (Fsp3) is 0.526. The third-order valence-corrected chi connectivity index (χ3v) is 6.52. The van der Waals surface area contributed by atoms with Crippen LogP contribution in [0, 0.1) is 20.8 Å². The van der Waals surface area contributed by atoms with Gasteiger partial charge in [0.1, 0.15) is 6.04 Å². The van der Waals surface area contributed by atoms with E-state index in [-0.39, 0.29) is 23.2 Å². The van der Waals surface area contributed by atoms with Crippen molar-refractivity contribution < 1.29 is 19.1 Å². The number of rotatable bonds is 4. The lowest BCUT2D eigenvalue weighted by Gasteiger charge is -2.29. The Morgan fingerprint density at radius 2 is 1.92 bits per heavy atom. The molecule has 2 aliphatic heterocycles. The van der Waals surface area contributed by atoms with E-state index in [4.69, 9.17) is 4.74 Å². The van der Waals surface area contributed by atoms with Gasteiger partial charge in [-0.2, -0.15) is 0 Å². The summed E-state index contributed by atoms with van der Waals surface area (Å²) in [5, 5.41) is 0. The highest BCUT2D eigenvalue weighted by molar-refractivity contribution is 8.01. The van der Waals surface area contributed by atoms with Crippen molar-refractivity contribution in [2.45, 2.75) is 51.4 Å². The van der Waals surface area contributed by atoms with Gasteiger partial charge in [-0.3, -0.25) is 9.59 Å². The number of amides is 1. The summed E-state index contributed by atoms with van der Waals surface area (Å²) in [5.74, 6) is -0.171. The molecule has 25 heavy (non-hydrogen) atoms. The van der Waals surface area contributed by atoms with Crippen molar-refractivity contribution in [2.75, 3.05) is 12.4 Å². The first-order chi connectivity index (χ1) is 11.7. The van der Waals surface area contributed by atoms with Crippen LogP contribution in [0.4, 0.5) is 0 Å². The minimum Gasteiger partial charge on any atom is -0.456 e. The van der Waals surface area contributed by atoms with Gasteiger partial charge in [0.15, 0.2) is 6.61 Å². The van der Waals surface area contributed by atoms with Crippen molar-refractivity contribution in [1.82, 2.24) is 4.90 Å². The molecule has 134 valence electrons. The zero-order chi connectivity index (χ0) is 18.4. The summed E-state index contributed by atoms with van der Waals surface area (Å²) >= 11 is 1.61. The normalized spacial score (nSPS) is 25.2. The van der Waals surface area contributed by atoms with Gasteiger partial charge in [-0.05, 0) is 45.2 Å². The zero-order valence-electron chi connectivity index (χ0n) is 15.0. The highest BCUT2D eigenvalue weighted by Gasteiger charge is 2.53. The second-order valence-electron chi connectivity index (χ2n) is 7.07. The number of thioether (sulfide) groups is 1. The molecule has 1 aromatic carbocycles. The first-order valence-electron chi connectivity index (χ1n) is 8.47. The molecule has 6 heteroatoms. The largest absolute Gasteiger partial charge is 0.456 e. The Labute approximate surface area is 152 Å². The number of ether oxygens (including phenoxy) is 1. The first kappa shape index (κ1) is 18.0. The monoisotopic (exact) mass is 361 g/mol. The van der Waals surface area contributed by atoms with Gasteiger partial charge in [0.05, 0.1) is 4.87 Å². The molecule has 0 aromatic heterocycles. The molecule has 2 heterocycles. The predicted octanol–water partition coefficient (Wildman–Crippen LogP) is 2.79. The molecule has 0 bridgehead atoms. The van der Waals surface area contributed by atoms with Gasteiger partial charge in [-0.1, -0.05) is 17.7 Å². The van der Waals surface area contributed by atoms with Crippen LogP contribution in [-0.2, 0) is 14.3 Å². The molecule has 0 unspecified atom stereocenters. The molecule has 1 aromatic rings. The third-order valence-electron chi connectivity index (χ3n) is 5.02. The number of carbonyl (C=O) groups is 3. The molecule has 0 aliphatic carbocycles. The van der Waals surface area contributed by atoms with Crippen molar-refractivity contribution in [3.8, 4) is 0 Å².